The van der Waals surface area contributed by atoms with Gasteiger partial charge in [0, 0.05) is 43.5 Å². The van der Waals surface area contributed by atoms with Gasteiger partial charge in [-0.3, -0.25) is 4.99 Å². The number of hydrogen-bond donors (Lipinski definition) is 1. The highest BCUT2D eigenvalue weighted by Crippen LogP contribution is 2.15. The molecule has 0 saturated heterocycles. The average Bonchev–Trinajstić information content (AvgIpc) is 2.62. The van der Waals surface area contributed by atoms with Crippen molar-refractivity contribution >= 4 is 21.9 Å². The molecule has 0 aromatic carbocycles. The quantitative estimate of drug-likeness (QED) is 0.666. The molecule has 4 nitrogen and oxygen atoms in total. The summed E-state index contributed by atoms with van der Waals surface area (Å²) in [5, 5.41) is 3.34. The zero-order valence-corrected chi connectivity index (χ0v) is 14.2. The number of rotatable bonds is 5. The Labute approximate surface area is 125 Å². The number of hydrogen-bond acceptors (Lipinski definition) is 1. The minimum atomic E-state index is 0.575. The van der Waals surface area contributed by atoms with Gasteiger partial charge in [0.15, 0.2) is 5.96 Å². The highest BCUT2D eigenvalue weighted by Gasteiger charge is 2.09. The molecule has 108 valence electrons. The summed E-state index contributed by atoms with van der Waals surface area (Å²) in [5.41, 5.74) is 1.25. The predicted octanol–water partition coefficient (Wildman–Crippen LogP) is 2.84. The van der Waals surface area contributed by atoms with E-state index < -0.39 is 0 Å². The molecule has 1 rings (SSSR count). The fourth-order valence-corrected chi connectivity index (χ4v) is 2.35. The first-order valence-electron chi connectivity index (χ1n) is 6.74. The first-order valence-corrected chi connectivity index (χ1v) is 7.53. The summed E-state index contributed by atoms with van der Waals surface area (Å²) in [4.78, 5) is 6.82. The maximum absolute atomic E-state index is 4.66. The van der Waals surface area contributed by atoms with Crippen molar-refractivity contribution in [2.75, 3.05) is 20.1 Å². The molecule has 0 fully saturated rings. The van der Waals surface area contributed by atoms with Crippen molar-refractivity contribution < 1.29 is 0 Å². The molecule has 0 amide bonds. The second kappa shape index (κ2) is 7.58. The third-order valence-corrected chi connectivity index (χ3v) is 3.21. The Morgan fingerprint density at radius 1 is 1.53 bits per heavy atom. The second-order valence-corrected chi connectivity index (χ2v) is 6.12. The largest absolute Gasteiger partial charge is 0.357 e. The second-order valence-electron chi connectivity index (χ2n) is 5.21. The minimum absolute atomic E-state index is 0.575. The minimum Gasteiger partial charge on any atom is -0.357 e. The van der Waals surface area contributed by atoms with Gasteiger partial charge in [-0.15, -0.1) is 0 Å². The van der Waals surface area contributed by atoms with Crippen molar-refractivity contribution in [2.24, 2.45) is 18.0 Å². The van der Waals surface area contributed by atoms with E-state index in [1.165, 1.54) is 5.69 Å². The lowest BCUT2D eigenvalue weighted by Gasteiger charge is -2.22. The average molecular weight is 329 g/mol. The Hall–Kier alpha value is -0.970. The van der Waals surface area contributed by atoms with E-state index >= 15 is 0 Å². The Kier molecular flexibility index (Phi) is 6.42. The molecule has 0 radical (unpaired) electrons. The van der Waals surface area contributed by atoms with Crippen LogP contribution in [0.15, 0.2) is 21.7 Å². The van der Waals surface area contributed by atoms with Gasteiger partial charge < -0.3 is 14.8 Å². The smallest absolute Gasteiger partial charge is 0.194 e. The number of nitrogens with one attached hydrogen (secondary N) is 1. The van der Waals surface area contributed by atoms with Crippen LogP contribution < -0.4 is 5.32 Å². The van der Waals surface area contributed by atoms with Crippen molar-refractivity contribution in [3.63, 3.8) is 0 Å². The summed E-state index contributed by atoms with van der Waals surface area (Å²) in [6.07, 6.45) is 2.07. The van der Waals surface area contributed by atoms with Crippen molar-refractivity contribution in [1.82, 2.24) is 14.8 Å². The first kappa shape index (κ1) is 16.1. The lowest BCUT2D eigenvalue weighted by molar-refractivity contribution is 0.459. The number of nitrogens with zero attached hydrogens (tertiary/aromatic N) is 3. The van der Waals surface area contributed by atoms with Crippen LogP contribution >= 0.6 is 15.9 Å². The molecular weight excluding hydrogens is 304 g/mol. The van der Waals surface area contributed by atoms with Crippen LogP contribution in [-0.4, -0.2) is 35.6 Å². The predicted molar refractivity (Wildman–Crippen MR) is 85.4 cm³/mol. The van der Waals surface area contributed by atoms with E-state index in [2.05, 4.69) is 82.8 Å². The molecule has 0 saturated carbocycles. The standard InChI is InChI=1S/C14H25BrN4/c1-6-16-14(17-8-11(2)3)19(5)10-13-7-12(15)9-18(13)4/h7,9,11H,6,8,10H2,1-5H3,(H,16,17). The fourth-order valence-electron chi connectivity index (χ4n) is 1.78. The van der Waals surface area contributed by atoms with E-state index in [1.807, 2.05) is 0 Å². The highest BCUT2D eigenvalue weighted by atomic mass is 79.9. The van der Waals surface area contributed by atoms with Gasteiger partial charge in [-0.25, -0.2) is 0 Å². The lowest BCUT2D eigenvalue weighted by atomic mass is 10.2. The first-order chi connectivity index (χ1) is 8.93. The molecule has 0 aliphatic carbocycles. The van der Waals surface area contributed by atoms with E-state index in [0.29, 0.717) is 5.92 Å². The molecule has 19 heavy (non-hydrogen) atoms. The summed E-state index contributed by atoms with van der Waals surface area (Å²) in [6.45, 7) is 9.04. The summed E-state index contributed by atoms with van der Waals surface area (Å²) < 4.78 is 3.24. The van der Waals surface area contributed by atoms with Crippen molar-refractivity contribution in [3.8, 4) is 0 Å². The summed E-state index contributed by atoms with van der Waals surface area (Å²) in [6, 6.07) is 2.14. The third kappa shape index (κ3) is 5.27. The van der Waals surface area contributed by atoms with Crippen LogP contribution in [-0.2, 0) is 13.6 Å². The van der Waals surface area contributed by atoms with Crippen molar-refractivity contribution in [2.45, 2.75) is 27.3 Å². The molecule has 1 aromatic heterocycles. The normalized spacial score (nSPS) is 12.1. The Bertz CT molecular complexity index is 423. The molecular formula is C14H25BrN4. The van der Waals surface area contributed by atoms with Crippen LogP contribution in [0, 0.1) is 5.92 Å². The van der Waals surface area contributed by atoms with Gasteiger partial charge in [-0.1, -0.05) is 13.8 Å². The Balaban J connectivity index is 2.74. The van der Waals surface area contributed by atoms with Crippen LogP contribution in [0.4, 0.5) is 0 Å². The van der Waals surface area contributed by atoms with Crippen LogP contribution in [0.2, 0.25) is 0 Å². The van der Waals surface area contributed by atoms with Gasteiger partial charge >= 0.3 is 0 Å². The zero-order chi connectivity index (χ0) is 14.4. The SMILES string of the molecule is CCNC(=NCC(C)C)N(C)Cc1cc(Br)cn1C. The van der Waals surface area contributed by atoms with Gasteiger partial charge in [0.25, 0.3) is 0 Å². The molecule has 0 aliphatic rings. The van der Waals surface area contributed by atoms with Crippen LogP contribution in [0.1, 0.15) is 26.5 Å². The number of aliphatic imine (C=N–C) groups is 1. The molecule has 0 atom stereocenters. The van der Waals surface area contributed by atoms with Gasteiger partial charge in [-0.2, -0.15) is 0 Å². The maximum Gasteiger partial charge on any atom is 0.194 e. The van der Waals surface area contributed by atoms with Gasteiger partial charge in [0.2, 0.25) is 0 Å². The van der Waals surface area contributed by atoms with Gasteiger partial charge in [0.05, 0.1) is 6.54 Å². The van der Waals surface area contributed by atoms with Crippen LogP contribution in [0.5, 0.6) is 0 Å². The number of halogens is 1. The monoisotopic (exact) mass is 328 g/mol. The molecule has 1 heterocycles. The highest BCUT2D eigenvalue weighted by molar-refractivity contribution is 9.10. The molecule has 0 aliphatic heterocycles. The summed E-state index contributed by atoms with van der Waals surface area (Å²) in [5.74, 6) is 1.54. The van der Waals surface area contributed by atoms with Crippen molar-refractivity contribution in [1.29, 1.82) is 0 Å². The summed E-state index contributed by atoms with van der Waals surface area (Å²) in [7, 11) is 4.13. The number of aromatic nitrogens is 1. The maximum atomic E-state index is 4.66. The van der Waals surface area contributed by atoms with E-state index in [9.17, 15) is 0 Å². The van der Waals surface area contributed by atoms with E-state index in [0.717, 1.165) is 30.1 Å². The van der Waals surface area contributed by atoms with Gasteiger partial charge in [0.1, 0.15) is 0 Å². The molecule has 0 bridgehead atoms. The molecule has 0 spiro atoms. The van der Waals surface area contributed by atoms with Gasteiger partial charge in [-0.05, 0) is 34.8 Å². The third-order valence-electron chi connectivity index (χ3n) is 2.78. The summed E-state index contributed by atoms with van der Waals surface area (Å²) >= 11 is 3.51. The number of aryl methyl sites for hydroxylation is 1. The molecule has 1 N–H and O–H groups in total. The van der Waals surface area contributed by atoms with E-state index in [4.69, 9.17) is 0 Å². The fraction of sp³-hybridized carbons (Fsp3) is 0.643. The zero-order valence-electron chi connectivity index (χ0n) is 12.6. The topological polar surface area (TPSA) is 32.6 Å². The van der Waals surface area contributed by atoms with E-state index in [1.54, 1.807) is 0 Å². The Morgan fingerprint density at radius 3 is 2.68 bits per heavy atom. The Morgan fingerprint density at radius 2 is 2.21 bits per heavy atom. The van der Waals surface area contributed by atoms with Crippen molar-refractivity contribution in [3.05, 3.63) is 22.4 Å². The molecule has 5 heteroatoms. The lowest BCUT2D eigenvalue weighted by Crippen LogP contribution is -2.39. The molecule has 1 aromatic rings. The van der Waals surface area contributed by atoms with E-state index in [-0.39, 0.29) is 0 Å². The number of guanidine groups is 1. The molecule has 0 unspecified atom stereocenters. The van der Waals surface area contributed by atoms with Crippen LogP contribution in [0.3, 0.4) is 0 Å². The van der Waals surface area contributed by atoms with Crippen LogP contribution in [0.25, 0.3) is 0 Å².